The van der Waals surface area contributed by atoms with Gasteiger partial charge in [0.2, 0.25) is 5.95 Å². The maximum atomic E-state index is 13.5. The molecule has 0 radical (unpaired) electrons. The van der Waals surface area contributed by atoms with Gasteiger partial charge in [-0.25, -0.2) is 15.0 Å². The van der Waals surface area contributed by atoms with E-state index in [1.165, 1.54) is 29.4 Å². The average Bonchev–Trinajstić information content (AvgIpc) is 2.71. The minimum absolute atomic E-state index is 0.0611. The SMILES string of the molecule is O=C(c1cccc(C(F)(F)F)c1Cl)N1CCc2c(ncnc2-c2cccc(F)n2)C1. The van der Waals surface area contributed by atoms with Crippen LogP contribution < -0.4 is 0 Å². The van der Waals surface area contributed by atoms with Crippen LogP contribution in [0.4, 0.5) is 17.6 Å². The maximum Gasteiger partial charge on any atom is 0.417 e. The van der Waals surface area contributed by atoms with Crippen LogP contribution in [0.2, 0.25) is 5.02 Å². The van der Waals surface area contributed by atoms with Gasteiger partial charge >= 0.3 is 6.18 Å². The third kappa shape index (κ3) is 3.72. The predicted molar refractivity (Wildman–Crippen MR) is 100 cm³/mol. The lowest BCUT2D eigenvalue weighted by Crippen LogP contribution is -2.37. The van der Waals surface area contributed by atoms with Gasteiger partial charge in [-0.05, 0) is 30.7 Å². The van der Waals surface area contributed by atoms with E-state index in [1.54, 1.807) is 6.07 Å². The van der Waals surface area contributed by atoms with E-state index in [-0.39, 0.29) is 18.7 Å². The summed E-state index contributed by atoms with van der Waals surface area (Å²) in [5.41, 5.74) is 0.756. The highest BCUT2D eigenvalue weighted by Gasteiger charge is 2.35. The van der Waals surface area contributed by atoms with Crippen molar-refractivity contribution in [3.05, 3.63) is 76.1 Å². The second kappa shape index (κ2) is 7.64. The molecule has 1 amide bonds. The number of pyridine rings is 1. The van der Waals surface area contributed by atoms with E-state index in [9.17, 15) is 22.4 Å². The molecule has 30 heavy (non-hydrogen) atoms. The van der Waals surface area contributed by atoms with Gasteiger partial charge in [-0.1, -0.05) is 23.7 Å². The summed E-state index contributed by atoms with van der Waals surface area (Å²) in [5, 5.41) is -0.631. The molecule has 0 bridgehead atoms. The number of hydrogen-bond acceptors (Lipinski definition) is 4. The Morgan fingerprint density at radius 3 is 2.60 bits per heavy atom. The summed E-state index contributed by atoms with van der Waals surface area (Å²) in [6.07, 6.45) is -3.04. The molecule has 0 spiro atoms. The van der Waals surface area contributed by atoms with Crippen molar-refractivity contribution in [2.45, 2.75) is 19.1 Å². The molecule has 0 atom stereocenters. The zero-order chi connectivity index (χ0) is 21.5. The number of rotatable bonds is 2. The Kier molecular flexibility index (Phi) is 5.15. The van der Waals surface area contributed by atoms with E-state index in [4.69, 9.17) is 11.6 Å². The first-order chi connectivity index (χ1) is 14.3. The van der Waals surface area contributed by atoms with Crippen LogP contribution >= 0.6 is 11.6 Å². The van der Waals surface area contributed by atoms with Crippen LogP contribution in [-0.2, 0) is 19.1 Å². The molecule has 0 saturated heterocycles. The van der Waals surface area contributed by atoms with E-state index in [2.05, 4.69) is 15.0 Å². The summed E-state index contributed by atoms with van der Waals surface area (Å²) in [5.74, 6) is -1.27. The topological polar surface area (TPSA) is 59.0 Å². The summed E-state index contributed by atoms with van der Waals surface area (Å²) in [7, 11) is 0. The second-order valence-electron chi connectivity index (χ2n) is 6.63. The number of carbonyl (C=O) groups is 1. The first-order valence-electron chi connectivity index (χ1n) is 8.86. The number of amides is 1. The fourth-order valence-corrected chi connectivity index (χ4v) is 3.69. The van der Waals surface area contributed by atoms with Crippen LogP contribution in [0.25, 0.3) is 11.4 Å². The van der Waals surface area contributed by atoms with Gasteiger partial charge in [0.15, 0.2) is 0 Å². The van der Waals surface area contributed by atoms with E-state index in [0.29, 0.717) is 23.5 Å². The van der Waals surface area contributed by atoms with Gasteiger partial charge in [-0.15, -0.1) is 0 Å². The van der Waals surface area contributed by atoms with Gasteiger partial charge in [0.1, 0.15) is 6.33 Å². The van der Waals surface area contributed by atoms with Crippen molar-refractivity contribution in [1.29, 1.82) is 0 Å². The van der Waals surface area contributed by atoms with Crippen LogP contribution in [-0.4, -0.2) is 32.3 Å². The molecule has 1 aromatic carbocycles. The standard InChI is InChI=1S/C20H13ClF4N4O/c21-17-12(3-1-4-13(17)20(23,24)25)19(30)29-8-7-11-15(9-29)26-10-27-18(11)14-5-2-6-16(22)28-14/h1-6,10H,7-9H2. The fraction of sp³-hybridized carbons (Fsp3) is 0.200. The Morgan fingerprint density at radius 1 is 1.10 bits per heavy atom. The first kappa shape index (κ1) is 20.2. The Labute approximate surface area is 173 Å². The van der Waals surface area contributed by atoms with Crippen molar-refractivity contribution >= 4 is 17.5 Å². The lowest BCUT2D eigenvalue weighted by Gasteiger charge is -2.29. The number of hydrogen-bond donors (Lipinski definition) is 0. The molecule has 0 N–H and O–H groups in total. The smallest absolute Gasteiger partial charge is 0.332 e. The Balaban J connectivity index is 1.65. The highest BCUT2D eigenvalue weighted by molar-refractivity contribution is 6.34. The third-order valence-corrected chi connectivity index (χ3v) is 5.19. The molecule has 0 saturated carbocycles. The number of fused-ring (bicyclic) bond motifs is 1. The van der Waals surface area contributed by atoms with Gasteiger partial charge in [0.25, 0.3) is 5.91 Å². The minimum Gasteiger partial charge on any atom is -0.332 e. The number of alkyl halides is 3. The monoisotopic (exact) mass is 436 g/mol. The van der Waals surface area contributed by atoms with Crippen LogP contribution in [0, 0.1) is 5.95 Å². The molecule has 1 aliphatic heterocycles. The van der Waals surface area contributed by atoms with Crippen molar-refractivity contribution in [3.8, 4) is 11.4 Å². The van der Waals surface area contributed by atoms with Crippen molar-refractivity contribution < 1.29 is 22.4 Å². The molecule has 0 unspecified atom stereocenters. The van der Waals surface area contributed by atoms with Crippen LogP contribution in [0.1, 0.15) is 27.2 Å². The first-order valence-corrected chi connectivity index (χ1v) is 9.24. The number of halogens is 5. The van der Waals surface area contributed by atoms with Gasteiger partial charge in [0.05, 0.1) is 39.8 Å². The molecular formula is C20H13ClF4N4O. The lowest BCUT2D eigenvalue weighted by molar-refractivity contribution is -0.137. The highest BCUT2D eigenvalue weighted by atomic mass is 35.5. The van der Waals surface area contributed by atoms with E-state index < -0.39 is 28.6 Å². The summed E-state index contributed by atoms with van der Waals surface area (Å²) >= 11 is 5.89. The lowest BCUT2D eigenvalue weighted by atomic mass is 10.00. The van der Waals surface area contributed by atoms with Crippen LogP contribution in [0.5, 0.6) is 0 Å². The normalized spacial score (nSPS) is 13.8. The molecule has 0 aliphatic carbocycles. The van der Waals surface area contributed by atoms with E-state index in [0.717, 1.165) is 17.7 Å². The summed E-state index contributed by atoms with van der Waals surface area (Å²) < 4.78 is 52.8. The van der Waals surface area contributed by atoms with Gasteiger partial charge in [-0.2, -0.15) is 17.6 Å². The average molecular weight is 437 g/mol. The quantitative estimate of drug-likeness (QED) is 0.437. The Hall–Kier alpha value is -3.07. The Bertz CT molecular complexity index is 1140. The molecule has 3 heterocycles. The van der Waals surface area contributed by atoms with Crippen molar-refractivity contribution in [2.75, 3.05) is 6.54 Å². The van der Waals surface area contributed by atoms with Gasteiger partial charge in [0, 0.05) is 12.1 Å². The Morgan fingerprint density at radius 2 is 1.87 bits per heavy atom. The zero-order valence-corrected chi connectivity index (χ0v) is 16.0. The largest absolute Gasteiger partial charge is 0.417 e. The van der Waals surface area contributed by atoms with Crippen LogP contribution in [0.3, 0.4) is 0 Å². The highest BCUT2D eigenvalue weighted by Crippen LogP contribution is 2.37. The number of benzene rings is 1. The van der Waals surface area contributed by atoms with Crippen LogP contribution in [0.15, 0.2) is 42.7 Å². The van der Waals surface area contributed by atoms with Crippen molar-refractivity contribution in [1.82, 2.24) is 19.9 Å². The van der Waals surface area contributed by atoms with Gasteiger partial charge < -0.3 is 4.90 Å². The molecule has 10 heteroatoms. The molecule has 3 aromatic rings. The number of aromatic nitrogens is 3. The molecule has 154 valence electrons. The van der Waals surface area contributed by atoms with Crippen molar-refractivity contribution in [3.63, 3.8) is 0 Å². The minimum atomic E-state index is -4.66. The molecule has 5 nitrogen and oxygen atoms in total. The van der Waals surface area contributed by atoms with Gasteiger partial charge in [-0.3, -0.25) is 4.79 Å². The van der Waals surface area contributed by atoms with E-state index in [1.807, 2.05) is 0 Å². The molecule has 1 aliphatic rings. The van der Waals surface area contributed by atoms with E-state index >= 15 is 0 Å². The fourth-order valence-electron chi connectivity index (χ4n) is 3.38. The second-order valence-corrected chi connectivity index (χ2v) is 7.01. The summed E-state index contributed by atoms with van der Waals surface area (Å²) in [6.45, 7) is 0.277. The zero-order valence-electron chi connectivity index (χ0n) is 15.2. The molecule has 4 rings (SSSR count). The molecule has 2 aromatic heterocycles. The number of carbonyl (C=O) groups excluding carboxylic acids is 1. The summed E-state index contributed by atoms with van der Waals surface area (Å²) in [6, 6.07) is 7.59. The summed E-state index contributed by atoms with van der Waals surface area (Å²) in [4.78, 5) is 26.5. The van der Waals surface area contributed by atoms with Crippen molar-refractivity contribution in [2.24, 2.45) is 0 Å². The maximum absolute atomic E-state index is 13.5. The predicted octanol–water partition coefficient (Wildman–Crippen LogP) is 4.55. The number of nitrogens with zero attached hydrogens (tertiary/aromatic N) is 4. The molecular weight excluding hydrogens is 424 g/mol. The molecule has 0 fully saturated rings. The third-order valence-electron chi connectivity index (χ3n) is 4.79.